The fraction of sp³-hybridized carbons (Fsp3) is 0.143. The van der Waals surface area contributed by atoms with E-state index in [1.54, 1.807) is 0 Å². The van der Waals surface area contributed by atoms with Crippen molar-refractivity contribution in [1.82, 2.24) is 0 Å². The van der Waals surface area contributed by atoms with Crippen LogP contribution in [-0.4, -0.2) is 14.8 Å². The van der Waals surface area contributed by atoms with E-state index in [-0.39, 0.29) is 4.47 Å². The number of alkyl halides is 3. The van der Waals surface area contributed by atoms with Gasteiger partial charge in [0, 0.05) is 4.47 Å². The number of nitrogen functional groups attached to an aromatic ring is 1. The quantitative estimate of drug-likeness (QED) is 0.802. The summed E-state index contributed by atoms with van der Waals surface area (Å²) >= 11 is 2.76. The summed E-state index contributed by atoms with van der Waals surface area (Å²) in [6, 6.07) is 2.21. The van der Waals surface area contributed by atoms with Crippen LogP contribution in [0.25, 0.3) is 0 Å². The van der Waals surface area contributed by atoms with Gasteiger partial charge in [-0.2, -0.15) is 0 Å². The minimum absolute atomic E-state index is 0.173. The second-order valence-corrected chi connectivity index (χ2v) is 5.24. The van der Waals surface area contributed by atoms with Gasteiger partial charge >= 0.3 is 6.36 Å². The van der Waals surface area contributed by atoms with E-state index in [2.05, 4.69) is 20.7 Å². The van der Waals surface area contributed by atoms with Crippen LogP contribution < -0.4 is 15.6 Å². The molecule has 0 aliphatic carbocycles. The molecule has 0 aromatic heterocycles. The van der Waals surface area contributed by atoms with E-state index in [1.165, 1.54) is 0 Å². The van der Waals surface area contributed by atoms with Crippen molar-refractivity contribution in [2.75, 3.05) is 5.73 Å². The monoisotopic (exact) mass is 334 g/mol. The van der Waals surface area contributed by atoms with Gasteiger partial charge in [0.1, 0.15) is 4.90 Å². The first-order valence-corrected chi connectivity index (χ1v) is 6.23. The van der Waals surface area contributed by atoms with Crippen LogP contribution in [0, 0.1) is 0 Å². The SMILES string of the molecule is Nc1ccc(Br)c(S(N)(=O)=O)c1OC(F)(F)F. The van der Waals surface area contributed by atoms with Crippen molar-refractivity contribution in [3.8, 4) is 5.75 Å². The molecule has 4 N–H and O–H groups in total. The van der Waals surface area contributed by atoms with Crippen molar-refractivity contribution >= 4 is 31.6 Å². The number of nitrogens with two attached hydrogens (primary N) is 2. The van der Waals surface area contributed by atoms with Crippen molar-refractivity contribution in [2.45, 2.75) is 11.3 Å². The number of sulfonamides is 1. The fourth-order valence-corrected chi connectivity index (χ4v) is 2.79. The lowest BCUT2D eigenvalue weighted by Gasteiger charge is -2.15. The van der Waals surface area contributed by atoms with Crippen molar-refractivity contribution in [2.24, 2.45) is 5.14 Å². The van der Waals surface area contributed by atoms with Crippen LogP contribution in [0.2, 0.25) is 0 Å². The number of benzene rings is 1. The zero-order valence-electron chi connectivity index (χ0n) is 7.95. The number of anilines is 1. The average Bonchev–Trinajstić information content (AvgIpc) is 2.06. The normalized spacial score (nSPS) is 12.5. The Kier molecular flexibility index (Phi) is 3.60. The van der Waals surface area contributed by atoms with E-state index in [0.29, 0.717) is 0 Å². The Bertz CT molecular complexity index is 544. The molecular weight excluding hydrogens is 329 g/mol. The Morgan fingerprint density at radius 2 is 1.82 bits per heavy atom. The molecule has 0 radical (unpaired) electrons. The molecule has 0 aliphatic rings. The van der Waals surface area contributed by atoms with Crippen LogP contribution in [0.5, 0.6) is 5.75 Å². The lowest BCUT2D eigenvalue weighted by molar-refractivity contribution is -0.275. The first-order valence-electron chi connectivity index (χ1n) is 3.89. The zero-order chi connectivity index (χ0) is 13.4. The number of hydrogen-bond donors (Lipinski definition) is 2. The summed E-state index contributed by atoms with van der Waals surface area (Å²) in [6.45, 7) is 0. The molecule has 0 spiro atoms. The molecule has 0 saturated heterocycles. The summed E-state index contributed by atoms with van der Waals surface area (Å²) in [5.74, 6) is -1.05. The molecule has 0 saturated carbocycles. The van der Waals surface area contributed by atoms with Crippen molar-refractivity contribution in [3.05, 3.63) is 16.6 Å². The number of hydrogen-bond acceptors (Lipinski definition) is 4. The van der Waals surface area contributed by atoms with E-state index in [0.717, 1.165) is 12.1 Å². The molecule has 0 bridgehead atoms. The lowest BCUT2D eigenvalue weighted by Crippen LogP contribution is -2.22. The van der Waals surface area contributed by atoms with Gasteiger partial charge in [-0.15, -0.1) is 13.2 Å². The Morgan fingerprint density at radius 1 is 1.29 bits per heavy atom. The van der Waals surface area contributed by atoms with Crippen molar-refractivity contribution in [3.63, 3.8) is 0 Å². The van der Waals surface area contributed by atoms with E-state index in [4.69, 9.17) is 10.9 Å². The minimum atomic E-state index is -5.08. The average molecular weight is 335 g/mol. The molecule has 0 fully saturated rings. The van der Waals surface area contributed by atoms with Gasteiger partial charge in [-0.1, -0.05) is 0 Å². The van der Waals surface area contributed by atoms with E-state index >= 15 is 0 Å². The summed E-state index contributed by atoms with van der Waals surface area (Å²) in [7, 11) is -4.41. The van der Waals surface area contributed by atoms with Gasteiger partial charge in [0.15, 0.2) is 5.75 Å². The molecule has 17 heavy (non-hydrogen) atoms. The summed E-state index contributed by atoms with van der Waals surface area (Å²) < 4.78 is 62.0. The predicted molar refractivity (Wildman–Crippen MR) is 56.6 cm³/mol. The second-order valence-electron chi connectivity index (χ2n) is 2.89. The standard InChI is InChI=1S/C7H6BrF3N2O3S/c8-3-1-2-4(12)5(16-7(9,10)11)6(3)17(13,14)15/h1-2H,12H2,(H2,13,14,15). The molecule has 0 atom stereocenters. The smallest absolute Gasteiger partial charge is 0.402 e. The highest BCUT2D eigenvalue weighted by atomic mass is 79.9. The van der Waals surface area contributed by atoms with E-state index in [1.807, 2.05) is 0 Å². The van der Waals surface area contributed by atoms with Gasteiger partial charge in [0.05, 0.1) is 5.69 Å². The lowest BCUT2D eigenvalue weighted by atomic mass is 10.3. The molecule has 1 aromatic rings. The summed E-state index contributed by atoms with van der Waals surface area (Å²) in [4.78, 5) is -0.852. The van der Waals surface area contributed by atoms with Crippen LogP contribution in [0.4, 0.5) is 18.9 Å². The van der Waals surface area contributed by atoms with Gasteiger partial charge in [-0.05, 0) is 28.1 Å². The predicted octanol–water partition coefficient (Wildman–Crippen LogP) is 1.58. The Labute approximate surface area is 103 Å². The molecule has 0 unspecified atom stereocenters. The number of halogens is 4. The third-order valence-electron chi connectivity index (χ3n) is 1.60. The first kappa shape index (κ1) is 14.1. The highest BCUT2D eigenvalue weighted by molar-refractivity contribution is 9.10. The highest BCUT2D eigenvalue weighted by Crippen LogP contribution is 2.38. The number of ether oxygens (including phenoxy) is 1. The molecule has 0 aliphatic heterocycles. The van der Waals surface area contributed by atoms with E-state index < -0.39 is 32.7 Å². The van der Waals surface area contributed by atoms with Crippen LogP contribution in [0.1, 0.15) is 0 Å². The first-order chi connectivity index (χ1) is 7.52. The van der Waals surface area contributed by atoms with Crippen LogP contribution >= 0.6 is 15.9 Å². The topological polar surface area (TPSA) is 95.4 Å². The molecule has 96 valence electrons. The van der Waals surface area contributed by atoms with Gasteiger partial charge in [0.25, 0.3) is 0 Å². The van der Waals surface area contributed by atoms with Crippen LogP contribution in [-0.2, 0) is 10.0 Å². The Morgan fingerprint density at radius 3 is 2.24 bits per heavy atom. The van der Waals surface area contributed by atoms with Crippen molar-refractivity contribution in [1.29, 1.82) is 0 Å². The molecule has 10 heteroatoms. The minimum Gasteiger partial charge on any atom is -0.402 e. The number of primary sulfonamides is 1. The molecule has 0 amide bonds. The van der Waals surface area contributed by atoms with E-state index in [9.17, 15) is 21.6 Å². The molecule has 1 rings (SSSR count). The highest BCUT2D eigenvalue weighted by Gasteiger charge is 2.35. The van der Waals surface area contributed by atoms with Gasteiger partial charge in [0.2, 0.25) is 10.0 Å². The maximum Gasteiger partial charge on any atom is 0.573 e. The third-order valence-corrected chi connectivity index (χ3v) is 3.49. The van der Waals surface area contributed by atoms with Crippen LogP contribution in [0.15, 0.2) is 21.5 Å². The van der Waals surface area contributed by atoms with Crippen molar-refractivity contribution < 1.29 is 26.3 Å². The summed E-state index contributed by atoms with van der Waals surface area (Å²) in [5, 5.41) is 4.79. The zero-order valence-corrected chi connectivity index (χ0v) is 10.4. The maximum absolute atomic E-state index is 12.1. The Balaban J connectivity index is 3.52. The molecule has 1 aromatic carbocycles. The maximum atomic E-state index is 12.1. The Hall–Kier alpha value is -1.00. The molecular formula is C7H6BrF3N2O3S. The summed E-state index contributed by atoms with van der Waals surface area (Å²) in [5.41, 5.74) is 4.74. The molecule has 5 nitrogen and oxygen atoms in total. The third kappa shape index (κ3) is 3.48. The second kappa shape index (κ2) is 4.35. The van der Waals surface area contributed by atoms with Crippen LogP contribution in [0.3, 0.4) is 0 Å². The largest absolute Gasteiger partial charge is 0.573 e. The van der Waals surface area contributed by atoms with Gasteiger partial charge < -0.3 is 10.5 Å². The van der Waals surface area contributed by atoms with Gasteiger partial charge in [-0.25, -0.2) is 13.6 Å². The molecule has 0 heterocycles. The fourth-order valence-electron chi connectivity index (χ4n) is 1.04. The van der Waals surface area contributed by atoms with Gasteiger partial charge in [-0.3, -0.25) is 0 Å². The summed E-state index contributed by atoms with van der Waals surface area (Å²) in [6.07, 6.45) is -5.08. The number of rotatable bonds is 2.